The van der Waals surface area contributed by atoms with Crippen LogP contribution in [0.2, 0.25) is 0 Å². The van der Waals surface area contributed by atoms with E-state index in [0.29, 0.717) is 17.7 Å². The topological polar surface area (TPSA) is 77.5 Å². The number of amides is 1. The summed E-state index contributed by atoms with van der Waals surface area (Å²) in [5, 5.41) is 18.2. The molecular formula is C18H17FN2O3. The number of nitrogens with zero attached hydrogens (tertiary/aromatic N) is 2. The zero-order valence-electron chi connectivity index (χ0n) is 13.3. The van der Waals surface area contributed by atoms with Gasteiger partial charge in [-0.25, -0.2) is 9.18 Å². The van der Waals surface area contributed by atoms with Crippen LogP contribution >= 0.6 is 0 Å². The van der Waals surface area contributed by atoms with Gasteiger partial charge in [0.1, 0.15) is 5.58 Å². The van der Waals surface area contributed by atoms with E-state index in [2.05, 4.69) is 11.8 Å². The first kappa shape index (κ1) is 17.4. The molecule has 2 rings (SSSR count). The lowest BCUT2D eigenvalue weighted by Crippen LogP contribution is -2.30. The van der Waals surface area contributed by atoms with Gasteiger partial charge in [0, 0.05) is 6.54 Å². The molecular weight excluding hydrogens is 311 g/mol. The predicted molar refractivity (Wildman–Crippen MR) is 86.9 cm³/mol. The highest BCUT2D eigenvalue weighted by Crippen LogP contribution is 2.27. The first-order valence-corrected chi connectivity index (χ1v) is 7.62. The Balaban J connectivity index is 2.25. The Morgan fingerprint density at radius 1 is 1.46 bits per heavy atom. The second-order valence-electron chi connectivity index (χ2n) is 5.23. The fraction of sp³-hybridized carbons (Fsp3) is 0.333. The van der Waals surface area contributed by atoms with E-state index in [9.17, 15) is 9.18 Å². The highest BCUT2D eigenvalue weighted by Gasteiger charge is 2.16. The summed E-state index contributed by atoms with van der Waals surface area (Å²) >= 11 is 0. The van der Waals surface area contributed by atoms with Gasteiger partial charge < -0.3 is 9.52 Å². The maximum absolute atomic E-state index is 14.5. The molecule has 2 aromatic rings. The molecule has 0 bridgehead atoms. The Morgan fingerprint density at radius 2 is 2.25 bits per heavy atom. The quantitative estimate of drug-likeness (QED) is 0.848. The van der Waals surface area contributed by atoms with Crippen molar-refractivity contribution in [3.8, 4) is 17.9 Å². The maximum Gasteiger partial charge on any atom is 0.408 e. The molecule has 0 saturated heterocycles. The monoisotopic (exact) mass is 328 g/mol. The second-order valence-corrected chi connectivity index (χ2v) is 5.23. The lowest BCUT2D eigenvalue weighted by molar-refractivity contribution is 0.150. The number of benzene rings is 1. The second kappa shape index (κ2) is 8.03. The number of fused-ring (bicyclic) bond motifs is 1. The summed E-state index contributed by atoms with van der Waals surface area (Å²) in [5.41, 5.74) is 0.866. The summed E-state index contributed by atoms with van der Waals surface area (Å²) in [4.78, 5) is 12.3. The lowest BCUT2D eigenvalue weighted by Gasteiger charge is -2.14. The minimum Gasteiger partial charge on any atom is -0.465 e. The van der Waals surface area contributed by atoms with Crippen LogP contribution in [-0.4, -0.2) is 29.2 Å². The van der Waals surface area contributed by atoms with E-state index in [4.69, 9.17) is 14.8 Å². The van der Waals surface area contributed by atoms with E-state index >= 15 is 0 Å². The molecule has 0 spiro atoms. The van der Waals surface area contributed by atoms with Gasteiger partial charge in [-0.15, -0.1) is 0 Å². The molecule has 124 valence electrons. The van der Waals surface area contributed by atoms with Crippen molar-refractivity contribution in [1.29, 1.82) is 5.26 Å². The number of rotatable bonds is 5. The van der Waals surface area contributed by atoms with Crippen LogP contribution in [0, 0.1) is 29.0 Å². The maximum atomic E-state index is 14.5. The number of halogens is 1. The number of hydrogen-bond acceptors (Lipinski definition) is 3. The molecule has 1 heterocycles. The molecule has 0 saturated carbocycles. The standard InChI is InChI=1S/C18H17FN2O3/c1-2-3-11-21(18(22)23)12-5-8-15-17(19)16-13(9-10-20)6-4-7-14(16)24-15/h4,6-7H,2-3,9,11-12H2,1H3,(H,22,23). The van der Waals surface area contributed by atoms with Gasteiger partial charge in [-0.2, -0.15) is 5.26 Å². The van der Waals surface area contributed by atoms with Crippen molar-refractivity contribution in [2.45, 2.75) is 26.2 Å². The highest BCUT2D eigenvalue weighted by atomic mass is 19.1. The summed E-state index contributed by atoms with van der Waals surface area (Å²) in [5.74, 6) is 4.44. The van der Waals surface area contributed by atoms with Gasteiger partial charge in [0.25, 0.3) is 0 Å². The molecule has 0 aliphatic carbocycles. The van der Waals surface area contributed by atoms with Gasteiger partial charge in [-0.3, -0.25) is 4.90 Å². The normalized spacial score (nSPS) is 10.0. The van der Waals surface area contributed by atoms with Crippen molar-refractivity contribution in [2.75, 3.05) is 13.1 Å². The zero-order chi connectivity index (χ0) is 17.5. The fourth-order valence-corrected chi connectivity index (χ4v) is 2.30. The number of nitriles is 1. The van der Waals surface area contributed by atoms with Crippen LogP contribution < -0.4 is 0 Å². The van der Waals surface area contributed by atoms with Crippen LogP contribution in [0.4, 0.5) is 9.18 Å². The SMILES string of the molecule is CCCCN(CC#Cc1oc2cccc(CC#N)c2c1F)C(=O)O. The molecule has 0 aliphatic heterocycles. The summed E-state index contributed by atoms with van der Waals surface area (Å²) in [6.07, 6.45) is 0.630. The average molecular weight is 328 g/mol. The Morgan fingerprint density at radius 3 is 2.92 bits per heavy atom. The molecule has 1 aromatic heterocycles. The Kier molecular flexibility index (Phi) is 5.81. The molecule has 1 aromatic carbocycles. The van der Waals surface area contributed by atoms with Crippen LogP contribution in [0.5, 0.6) is 0 Å². The van der Waals surface area contributed by atoms with Crippen LogP contribution in [0.3, 0.4) is 0 Å². The summed E-state index contributed by atoms with van der Waals surface area (Å²) in [6.45, 7) is 2.33. The van der Waals surface area contributed by atoms with Gasteiger partial charge in [0.05, 0.1) is 24.4 Å². The first-order chi connectivity index (χ1) is 11.6. The van der Waals surface area contributed by atoms with Gasteiger partial charge in [-0.1, -0.05) is 31.4 Å². The van der Waals surface area contributed by atoms with Gasteiger partial charge in [0.2, 0.25) is 5.76 Å². The first-order valence-electron chi connectivity index (χ1n) is 7.62. The van der Waals surface area contributed by atoms with Crippen LogP contribution in [-0.2, 0) is 6.42 Å². The van der Waals surface area contributed by atoms with Gasteiger partial charge >= 0.3 is 6.09 Å². The van der Waals surface area contributed by atoms with E-state index in [1.165, 1.54) is 4.90 Å². The van der Waals surface area contributed by atoms with Crippen molar-refractivity contribution in [3.63, 3.8) is 0 Å². The summed E-state index contributed by atoms with van der Waals surface area (Å²) in [6, 6.07) is 6.94. The molecule has 0 fully saturated rings. The lowest BCUT2D eigenvalue weighted by atomic mass is 10.1. The van der Waals surface area contributed by atoms with E-state index < -0.39 is 11.9 Å². The largest absolute Gasteiger partial charge is 0.465 e. The Hall–Kier alpha value is -2.99. The highest BCUT2D eigenvalue weighted by molar-refractivity contribution is 5.83. The molecule has 24 heavy (non-hydrogen) atoms. The summed E-state index contributed by atoms with van der Waals surface area (Å²) < 4.78 is 19.8. The van der Waals surface area contributed by atoms with Crippen molar-refractivity contribution in [2.24, 2.45) is 0 Å². The summed E-state index contributed by atoms with van der Waals surface area (Å²) in [7, 11) is 0. The third kappa shape index (κ3) is 3.85. The minimum atomic E-state index is -1.06. The van der Waals surface area contributed by atoms with Crippen LogP contribution in [0.1, 0.15) is 31.1 Å². The van der Waals surface area contributed by atoms with Gasteiger partial charge in [-0.05, 0) is 24.0 Å². The van der Waals surface area contributed by atoms with E-state index in [0.717, 1.165) is 12.8 Å². The zero-order valence-corrected chi connectivity index (χ0v) is 13.3. The van der Waals surface area contributed by atoms with E-state index in [-0.39, 0.29) is 24.1 Å². The Bertz CT molecular complexity index is 840. The van der Waals surface area contributed by atoms with Crippen molar-refractivity contribution < 1.29 is 18.7 Å². The molecule has 0 radical (unpaired) electrons. The van der Waals surface area contributed by atoms with Crippen molar-refractivity contribution >= 4 is 17.1 Å². The van der Waals surface area contributed by atoms with E-state index in [1.54, 1.807) is 18.2 Å². The number of hydrogen-bond donors (Lipinski definition) is 1. The molecule has 0 aliphatic rings. The molecule has 0 atom stereocenters. The third-order valence-electron chi connectivity index (χ3n) is 3.54. The molecule has 1 amide bonds. The average Bonchev–Trinajstić information content (AvgIpc) is 2.88. The minimum absolute atomic E-state index is 0.0170. The molecule has 1 N–H and O–H groups in total. The van der Waals surface area contributed by atoms with Gasteiger partial charge in [0.15, 0.2) is 5.82 Å². The number of carbonyl (C=O) groups is 1. The number of carboxylic acid groups (broad SMARTS) is 1. The molecule has 6 heteroatoms. The molecule has 5 nitrogen and oxygen atoms in total. The van der Waals surface area contributed by atoms with E-state index in [1.807, 2.05) is 13.0 Å². The van der Waals surface area contributed by atoms with Crippen LogP contribution in [0.15, 0.2) is 22.6 Å². The predicted octanol–water partition coefficient (Wildman–Crippen LogP) is 3.77. The van der Waals surface area contributed by atoms with Crippen LogP contribution in [0.25, 0.3) is 11.0 Å². The molecule has 0 unspecified atom stereocenters. The van der Waals surface area contributed by atoms with Crippen molar-refractivity contribution in [1.82, 2.24) is 4.90 Å². The fourth-order valence-electron chi connectivity index (χ4n) is 2.30. The van der Waals surface area contributed by atoms with Crippen molar-refractivity contribution in [3.05, 3.63) is 35.3 Å². The number of unbranched alkanes of at least 4 members (excludes halogenated alkanes) is 1. The number of furan rings is 1. The smallest absolute Gasteiger partial charge is 0.408 e. The third-order valence-corrected chi connectivity index (χ3v) is 3.54. The Labute approximate surface area is 139 Å².